The second kappa shape index (κ2) is 11.8. The number of nitrogens with one attached hydrogen (secondary N) is 3. The summed E-state index contributed by atoms with van der Waals surface area (Å²) >= 11 is 0. The lowest BCUT2D eigenvalue weighted by Gasteiger charge is -2.23. The van der Waals surface area contributed by atoms with E-state index in [0.717, 1.165) is 0 Å². The molecule has 0 aromatic heterocycles. The lowest BCUT2D eigenvalue weighted by atomic mass is 10.0. The van der Waals surface area contributed by atoms with Gasteiger partial charge in [0.1, 0.15) is 18.1 Å². The van der Waals surface area contributed by atoms with E-state index in [1.54, 1.807) is 13.8 Å². The molecule has 0 aliphatic heterocycles. The van der Waals surface area contributed by atoms with Gasteiger partial charge in [0, 0.05) is 6.42 Å². The van der Waals surface area contributed by atoms with Crippen LogP contribution >= 0.6 is 0 Å². The van der Waals surface area contributed by atoms with Crippen LogP contribution in [0, 0.1) is 5.92 Å². The van der Waals surface area contributed by atoms with Gasteiger partial charge in [0.15, 0.2) is 0 Å². The highest BCUT2D eigenvalue weighted by molar-refractivity contribution is 5.92. The van der Waals surface area contributed by atoms with E-state index in [1.165, 1.54) is 0 Å². The van der Waals surface area contributed by atoms with E-state index in [-0.39, 0.29) is 18.8 Å². The van der Waals surface area contributed by atoms with Gasteiger partial charge in [0.25, 0.3) is 0 Å². The van der Waals surface area contributed by atoms with Crippen LogP contribution in [0.25, 0.3) is 0 Å². The van der Waals surface area contributed by atoms with Gasteiger partial charge in [-0.1, -0.05) is 13.8 Å². The second-order valence-electron chi connectivity index (χ2n) is 6.20. The van der Waals surface area contributed by atoms with Crippen molar-refractivity contribution in [3.8, 4) is 0 Å². The summed E-state index contributed by atoms with van der Waals surface area (Å²) < 4.78 is 0. The number of primary amides is 1. The molecule has 0 rings (SSSR count). The van der Waals surface area contributed by atoms with E-state index in [1.807, 2.05) is 0 Å². The fraction of sp³-hybridized carbons (Fsp3) is 0.667. The number of hydrogen-bond donors (Lipinski definition) is 7. The Morgan fingerprint density at radius 1 is 1.04 bits per heavy atom. The summed E-state index contributed by atoms with van der Waals surface area (Å²) in [5.41, 5.74) is 10.3. The smallest absolute Gasteiger partial charge is 0.326 e. The normalized spacial score (nSPS) is 14.0. The maximum Gasteiger partial charge on any atom is 0.326 e. The third kappa shape index (κ3) is 9.51. The molecule has 0 aromatic rings. The molecular formula is C15H27N5O7. The Morgan fingerprint density at radius 3 is 2.07 bits per heavy atom. The van der Waals surface area contributed by atoms with Crippen LogP contribution in [0.2, 0.25) is 0 Å². The highest BCUT2D eigenvalue weighted by Crippen LogP contribution is 2.02. The third-order valence-corrected chi connectivity index (χ3v) is 3.52. The van der Waals surface area contributed by atoms with Gasteiger partial charge in [-0.2, -0.15) is 0 Å². The van der Waals surface area contributed by atoms with Crippen molar-refractivity contribution < 1.29 is 34.2 Å². The zero-order valence-electron chi connectivity index (χ0n) is 15.2. The maximum absolute atomic E-state index is 12.2. The van der Waals surface area contributed by atoms with Crippen LogP contribution in [0.15, 0.2) is 0 Å². The molecule has 3 unspecified atom stereocenters. The number of aliphatic hydroxyl groups is 1. The number of carbonyl (C=O) groups excluding carboxylic acids is 4. The highest BCUT2D eigenvalue weighted by Gasteiger charge is 2.27. The molecule has 0 bridgehead atoms. The van der Waals surface area contributed by atoms with Gasteiger partial charge in [-0.05, 0) is 12.3 Å². The predicted molar refractivity (Wildman–Crippen MR) is 92.8 cm³/mol. The van der Waals surface area contributed by atoms with Crippen LogP contribution in [0.1, 0.15) is 26.7 Å². The van der Waals surface area contributed by atoms with Gasteiger partial charge in [0.2, 0.25) is 23.6 Å². The number of nitrogens with two attached hydrogens (primary N) is 2. The summed E-state index contributed by atoms with van der Waals surface area (Å²) in [7, 11) is 0. The lowest BCUT2D eigenvalue weighted by molar-refractivity contribution is -0.142. The summed E-state index contributed by atoms with van der Waals surface area (Å²) in [5, 5.41) is 24.7. The molecule has 9 N–H and O–H groups in total. The van der Waals surface area contributed by atoms with E-state index in [2.05, 4.69) is 16.0 Å². The van der Waals surface area contributed by atoms with Crippen molar-refractivity contribution >= 4 is 29.6 Å². The van der Waals surface area contributed by atoms with Crippen LogP contribution in [0.3, 0.4) is 0 Å². The quantitative estimate of drug-likeness (QED) is 0.176. The molecule has 12 nitrogen and oxygen atoms in total. The van der Waals surface area contributed by atoms with Crippen LogP contribution < -0.4 is 27.4 Å². The highest BCUT2D eigenvalue weighted by atomic mass is 16.4. The summed E-state index contributed by atoms with van der Waals surface area (Å²) in [6.45, 7) is 2.17. The van der Waals surface area contributed by atoms with Crippen LogP contribution in [-0.2, 0) is 24.0 Å². The molecule has 3 atom stereocenters. The van der Waals surface area contributed by atoms with Crippen molar-refractivity contribution in [2.75, 3.05) is 13.2 Å². The molecule has 0 aromatic carbocycles. The van der Waals surface area contributed by atoms with Gasteiger partial charge in [-0.3, -0.25) is 19.2 Å². The van der Waals surface area contributed by atoms with Gasteiger partial charge >= 0.3 is 5.97 Å². The lowest BCUT2D eigenvalue weighted by Crippen LogP contribution is -2.55. The summed E-state index contributed by atoms with van der Waals surface area (Å²) in [6.07, 6.45) is -0.412. The number of aliphatic carboxylic acids is 1. The molecule has 0 radical (unpaired) electrons. The van der Waals surface area contributed by atoms with E-state index >= 15 is 0 Å². The molecule has 0 heterocycles. The molecule has 0 saturated carbocycles. The predicted octanol–water partition coefficient (Wildman–Crippen LogP) is -3.60. The average molecular weight is 389 g/mol. The van der Waals surface area contributed by atoms with Crippen LogP contribution in [-0.4, -0.2) is 71.1 Å². The first kappa shape index (κ1) is 24.3. The summed E-state index contributed by atoms with van der Waals surface area (Å²) in [4.78, 5) is 57.5. The van der Waals surface area contributed by atoms with Crippen molar-refractivity contribution in [2.24, 2.45) is 17.4 Å². The van der Waals surface area contributed by atoms with Crippen molar-refractivity contribution in [1.29, 1.82) is 0 Å². The average Bonchev–Trinajstić information content (AvgIpc) is 2.59. The van der Waals surface area contributed by atoms with Gasteiger partial charge < -0.3 is 37.6 Å². The molecular weight excluding hydrogens is 362 g/mol. The SMILES string of the molecule is CC(C)C(NC(=O)C(N)CO)C(=O)NCC(=O)NC(CCC(N)=O)C(=O)O. The number of carbonyl (C=O) groups is 5. The zero-order chi connectivity index (χ0) is 21.1. The van der Waals surface area contributed by atoms with Crippen LogP contribution in [0.5, 0.6) is 0 Å². The first-order chi connectivity index (χ1) is 12.5. The number of carboxylic acid groups (broad SMARTS) is 1. The molecule has 154 valence electrons. The fourth-order valence-corrected chi connectivity index (χ4v) is 1.94. The number of hydrogen-bond acceptors (Lipinski definition) is 7. The molecule has 0 aliphatic carbocycles. The van der Waals surface area contributed by atoms with Crippen LogP contribution in [0.4, 0.5) is 0 Å². The minimum Gasteiger partial charge on any atom is -0.480 e. The summed E-state index contributed by atoms with van der Waals surface area (Å²) in [6, 6.07) is -3.53. The first-order valence-corrected chi connectivity index (χ1v) is 8.24. The minimum absolute atomic E-state index is 0.186. The Balaban J connectivity index is 4.69. The number of aliphatic hydroxyl groups excluding tert-OH is 1. The Labute approximate surface area is 156 Å². The van der Waals surface area contributed by atoms with Crippen molar-refractivity contribution in [3.05, 3.63) is 0 Å². The molecule has 12 heteroatoms. The van der Waals surface area contributed by atoms with Gasteiger partial charge in [0.05, 0.1) is 13.2 Å². The molecule has 4 amide bonds. The Hall–Kier alpha value is -2.73. The van der Waals surface area contributed by atoms with Crippen molar-refractivity contribution in [2.45, 2.75) is 44.8 Å². The number of carboxylic acids is 1. The largest absolute Gasteiger partial charge is 0.480 e. The summed E-state index contributed by atoms with van der Waals surface area (Å²) in [5.74, 6) is -4.59. The van der Waals surface area contributed by atoms with Crippen molar-refractivity contribution in [3.63, 3.8) is 0 Å². The van der Waals surface area contributed by atoms with E-state index in [9.17, 15) is 24.0 Å². The zero-order valence-corrected chi connectivity index (χ0v) is 15.2. The Bertz CT molecular complexity index is 567. The van der Waals surface area contributed by atoms with Gasteiger partial charge in [-0.15, -0.1) is 0 Å². The molecule has 0 saturated heterocycles. The van der Waals surface area contributed by atoms with E-state index in [0.29, 0.717) is 0 Å². The van der Waals surface area contributed by atoms with Crippen molar-refractivity contribution in [1.82, 2.24) is 16.0 Å². The molecule has 0 aliphatic rings. The number of amides is 4. The second-order valence-corrected chi connectivity index (χ2v) is 6.20. The third-order valence-electron chi connectivity index (χ3n) is 3.52. The number of rotatable bonds is 12. The van der Waals surface area contributed by atoms with Gasteiger partial charge in [-0.25, -0.2) is 4.79 Å². The Kier molecular flexibility index (Phi) is 10.6. The molecule has 0 fully saturated rings. The minimum atomic E-state index is -1.35. The first-order valence-electron chi connectivity index (χ1n) is 8.24. The van der Waals surface area contributed by atoms with E-state index < -0.39 is 60.9 Å². The fourth-order valence-electron chi connectivity index (χ4n) is 1.94. The molecule has 0 spiro atoms. The maximum atomic E-state index is 12.2. The van der Waals surface area contributed by atoms with E-state index in [4.69, 9.17) is 21.7 Å². The molecule has 27 heavy (non-hydrogen) atoms. The monoisotopic (exact) mass is 389 g/mol. The topological polar surface area (TPSA) is 214 Å². The standard InChI is InChI=1S/C15H27N5O7/c1-7(2)12(20-13(24)8(16)6-21)14(25)18-5-11(23)19-9(15(26)27)3-4-10(17)22/h7-9,12,21H,3-6,16H2,1-2H3,(H2,17,22)(H,18,25)(H,19,23)(H,20,24)(H,26,27). The Morgan fingerprint density at radius 2 is 1.63 bits per heavy atom.